The van der Waals surface area contributed by atoms with Gasteiger partial charge in [0, 0.05) is 5.56 Å². The van der Waals surface area contributed by atoms with E-state index in [2.05, 4.69) is 5.32 Å². The summed E-state index contributed by atoms with van der Waals surface area (Å²) in [4.78, 5) is 0. The van der Waals surface area contributed by atoms with Gasteiger partial charge in [0.2, 0.25) is 0 Å². The van der Waals surface area contributed by atoms with E-state index in [9.17, 15) is 8.78 Å². The number of piperidine rings is 1. The zero-order chi connectivity index (χ0) is 11.5. The molecule has 0 spiro atoms. The minimum atomic E-state index is -0.469. The molecule has 1 aliphatic rings. The summed E-state index contributed by atoms with van der Waals surface area (Å²) in [6, 6.07) is 4.02. The molecule has 1 saturated heterocycles. The normalized spacial score (nSPS) is 16.3. The Balaban J connectivity index is 2.43. The third kappa shape index (κ3) is 2.14. The van der Waals surface area contributed by atoms with Gasteiger partial charge in [-0.2, -0.15) is 0 Å². The largest absolute Gasteiger partial charge is 0.316 e. The molecule has 0 aromatic heterocycles. The molecule has 1 aliphatic heterocycles. The zero-order valence-electron chi connectivity index (χ0n) is 9.32. The van der Waals surface area contributed by atoms with Gasteiger partial charge in [-0.1, -0.05) is 11.6 Å². The fraction of sp³-hybridized carbons (Fsp3) is 0.385. The van der Waals surface area contributed by atoms with Crippen molar-refractivity contribution >= 4 is 5.57 Å². The van der Waals surface area contributed by atoms with E-state index in [-0.39, 0.29) is 5.56 Å². The van der Waals surface area contributed by atoms with Gasteiger partial charge in [-0.3, -0.25) is 0 Å². The molecule has 1 aromatic rings. The van der Waals surface area contributed by atoms with E-state index in [1.165, 1.54) is 18.2 Å². The predicted molar refractivity (Wildman–Crippen MR) is 61.1 cm³/mol. The highest BCUT2D eigenvalue weighted by Crippen LogP contribution is 2.27. The molecule has 1 nitrogen and oxygen atoms in total. The predicted octanol–water partition coefficient (Wildman–Crippen LogP) is 3.12. The average molecular weight is 223 g/mol. The number of allylic oxidation sites excluding steroid dienone is 1. The van der Waals surface area contributed by atoms with Crippen molar-refractivity contribution in [3.8, 4) is 0 Å². The smallest absolute Gasteiger partial charge is 0.133 e. The molecule has 2 rings (SSSR count). The molecule has 86 valence electrons. The van der Waals surface area contributed by atoms with Gasteiger partial charge in [0.25, 0.3) is 0 Å². The highest BCUT2D eigenvalue weighted by atomic mass is 19.1. The maximum Gasteiger partial charge on any atom is 0.133 e. The van der Waals surface area contributed by atoms with Crippen molar-refractivity contribution in [1.82, 2.24) is 5.32 Å². The lowest BCUT2D eigenvalue weighted by molar-refractivity contribution is 0.573. The van der Waals surface area contributed by atoms with Crippen LogP contribution in [-0.4, -0.2) is 13.1 Å². The molecule has 0 atom stereocenters. The minimum Gasteiger partial charge on any atom is -0.316 e. The summed E-state index contributed by atoms with van der Waals surface area (Å²) in [7, 11) is 0. The average Bonchev–Trinajstić information content (AvgIpc) is 2.30. The second kappa shape index (κ2) is 4.74. The minimum absolute atomic E-state index is 0.138. The highest BCUT2D eigenvalue weighted by molar-refractivity contribution is 5.68. The van der Waals surface area contributed by atoms with Gasteiger partial charge in [-0.05, 0) is 50.6 Å². The number of nitrogens with one attached hydrogen (secondary N) is 1. The van der Waals surface area contributed by atoms with E-state index < -0.39 is 11.6 Å². The fourth-order valence-corrected chi connectivity index (χ4v) is 2.14. The van der Waals surface area contributed by atoms with Gasteiger partial charge in [-0.25, -0.2) is 8.78 Å². The Morgan fingerprint density at radius 2 is 1.69 bits per heavy atom. The number of halogens is 2. The Hall–Kier alpha value is -1.22. The lowest BCUT2D eigenvalue weighted by Gasteiger charge is -2.19. The maximum atomic E-state index is 13.6. The third-order valence-electron chi connectivity index (χ3n) is 3.08. The lowest BCUT2D eigenvalue weighted by atomic mass is 9.94. The van der Waals surface area contributed by atoms with Crippen LogP contribution in [0.15, 0.2) is 23.8 Å². The van der Waals surface area contributed by atoms with Crippen molar-refractivity contribution in [3.05, 3.63) is 41.0 Å². The highest BCUT2D eigenvalue weighted by Gasteiger charge is 2.15. The molecule has 0 aliphatic carbocycles. The molecule has 0 radical (unpaired) electrons. The molecule has 0 amide bonds. The first-order chi connectivity index (χ1) is 7.70. The van der Waals surface area contributed by atoms with E-state index in [1.807, 2.05) is 6.92 Å². The van der Waals surface area contributed by atoms with Crippen LogP contribution in [0.1, 0.15) is 25.3 Å². The van der Waals surface area contributed by atoms with Crippen LogP contribution in [0.5, 0.6) is 0 Å². The van der Waals surface area contributed by atoms with Crippen LogP contribution in [0.4, 0.5) is 8.78 Å². The summed E-state index contributed by atoms with van der Waals surface area (Å²) < 4.78 is 27.1. The first-order valence-electron chi connectivity index (χ1n) is 5.54. The molecular formula is C13H15F2N. The molecule has 1 aromatic carbocycles. The molecule has 0 unspecified atom stereocenters. The first-order valence-corrected chi connectivity index (χ1v) is 5.54. The van der Waals surface area contributed by atoms with E-state index in [0.29, 0.717) is 0 Å². The van der Waals surface area contributed by atoms with E-state index in [0.717, 1.165) is 37.1 Å². The van der Waals surface area contributed by atoms with Gasteiger partial charge < -0.3 is 5.32 Å². The van der Waals surface area contributed by atoms with Crippen LogP contribution in [-0.2, 0) is 0 Å². The van der Waals surface area contributed by atoms with Gasteiger partial charge in [0.15, 0.2) is 0 Å². The van der Waals surface area contributed by atoms with Gasteiger partial charge >= 0.3 is 0 Å². The molecule has 3 heteroatoms. The monoisotopic (exact) mass is 223 g/mol. The molecular weight excluding hydrogens is 208 g/mol. The number of hydrogen-bond acceptors (Lipinski definition) is 1. The van der Waals surface area contributed by atoms with Crippen molar-refractivity contribution in [2.24, 2.45) is 0 Å². The summed E-state index contributed by atoms with van der Waals surface area (Å²) >= 11 is 0. The van der Waals surface area contributed by atoms with Crippen molar-refractivity contribution in [3.63, 3.8) is 0 Å². The van der Waals surface area contributed by atoms with E-state index in [1.54, 1.807) is 0 Å². The Morgan fingerprint density at radius 1 is 1.12 bits per heavy atom. The van der Waals surface area contributed by atoms with Crippen LogP contribution in [0.2, 0.25) is 0 Å². The number of rotatable bonds is 1. The molecule has 1 fully saturated rings. The second-order valence-electron chi connectivity index (χ2n) is 4.08. The van der Waals surface area contributed by atoms with E-state index in [4.69, 9.17) is 0 Å². The van der Waals surface area contributed by atoms with Crippen LogP contribution in [0.3, 0.4) is 0 Å². The summed E-state index contributed by atoms with van der Waals surface area (Å²) in [5, 5.41) is 3.23. The summed E-state index contributed by atoms with van der Waals surface area (Å²) in [5.74, 6) is -0.938. The summed E-state index contributed by atoms with van der Waals surface area (Å²) in [6.45, 7) is 3.59. The number of benzene rings is 1. The molecule has 16 heavy (non-hydrogen) atoms. The second-order valence-corrected chi connectivity index (χ2v) is 4.08. The molecule has 0 bridgehead atoms. The van der Waals surface area contributed by atoms with Crippen LogP contribution in [0, 0.1) is 11.6 Å². The number of hydrogen-bond donors (Lipinski definition) is 1. The first kappa shape index (κ1) is 11.3. The van der Waals surface area contributed by atoms with Crippen molar-refractivity contribution in [2.75, 3.05) is 13.1 Å². The molecule has 1 N–H and O–H groups in total. The Bertz CT molecular complexity index is 396. The quantitative estimate of drug-likeness (QED) is 0.771. The lowest BCUT2D eigenvalue weighted by Crippen LogP contribution is -2.23. The van der Waals surface area contributed by atoms with Crippen LogP contribution < -0.4 is 5.32 Å². The van der Waals surface area contributed by atoms with Crippen molar-refractivity contribution in [2.45, 2.75) is 19.8 Å². The Morgan fingerprint density at radius 3 is 2.25 bits per heavy atom. The molecule has 0 saturated carbocycles. The van der Waals surface area contributed by atoms with Gasteiger partial charge in [-0.15, -0.1) is 0 Å². The van der Waals surface area contributed by atoms with Crippen LogP contribution >= 0.6 is 0 Å². The van der Waals surface area contributed by atoms with Crippen LogP contribution in [0.25, 0.3) is 5.57 Å². The third-order valence-corrected chi connectivity index (χ3v) is 3.08. The fourth-order valence-electron chi connectivity index (χ4n) is 2.14. The molecule has 1 heterocycles. The zero-order valence-corrected chi connectivity index (χ0v) is 9.32. The summed E-state index contributed by atoms with van der Waals surface area (Å²) in [5.41, 5.74) is 2.05. The SMILES string of the molecule is CC(=C1CCNCC1)c1c(F)cccc1F. The van der Waals surface area contributed by atoms with Crippen molar-refractivity contribution in [1.29, 1.82) is 0 Å². The summed E-state index contributed by atoms with van der Waals surface area (Å²) in [6.07, 6.45) is 1.75. The Labute approximate surface area is 94.2 Å². The Kier molecular flexibility index (Phi) is 3.34. The standard InChI is InChI=1S/C13H15F2N/c1-9(10-5-7-16-8-6-10)13-11(14)3-2-4-12(13)15/h2-4,16H,5-8H2,1H3. The van der Waals surface area contributed by atoms with Gasteiger partial charge in [0.1, 0.15) is 11.6 Å². The topological polar surface area (TPSA) is 12.0 Å². The van der Waals surface area contributed by atoms with Crippen molar-refractivity contribution < 1.29 is 8.78 Å². The maximum absolute atomic E-state index is 13.6. The van der Waals surface area contributed by atoms with E-state index >= 15 is 0 Å². The van der Waals surface area contributed by atoms with Gasteiger partial charge in [0.05, 0.1) is 0 Å².